The van der Waals surface area contributed by atoms with E-state index in [4.69, 9.17) is 0 Å². The Hall–Kier alpha value is -3.27. The molecule has 1 aromatic rings. The molecule has 3 atom stereocenters. The summed E-state index contributed by atoms with van der Waals surface area (Å²) in [5.41, 5.74) is 0.621. The lowest BCUT2D eigenvalue weighted by Crippen LogP contribution is -2.53. The Morgan fingerprint density at radius 3 is 2.35 bits per heavy atom. The van der Waals surface area contributed by atoms with Crippen molar-refractivity contribution in [1.29, 1.82) is 0 Å². The summed E-state index contributed by atoms with van der Waals surface area (Å²) in [7, 11) is 3.54. The minimum atomic E-state index is -0.924. The summed E-state index contributed by atoms with van der Waals surface area (Å²) in [5.74, 6) is -2.48. The van der Waals surface area contributed by atoms with Gasteiger partial charge in [0.1, 0.15) is 6.04 Å². The number of likely N-dealkylation sites (tertiary alicyclic amines) is 1. The molecule has 1 aliphatic heterocycles. The van der Waals surface area contributed by atoms with E-state index in [-0.39, 0.29) is 17.9 Å². The largest absolute Gasteiger partial charge is 0.344 e. The van der Waals surface area contributed by atoms with Crippen LogP contribution in [0.1, 0.15) is 57.1 Å². The summed E-state index contributed by atoms with van der Waals surface area (Å²) in [5, 5.41) is 7.83. The normalized spacial score (nSPS) is 18.9. The van der Waals surface area contributed by atoms with Crippen molar-refractivity contribution in [3.8, 4) is 0 Å². The van der Waals surface area contributed by atoms with E-state index in [1.807, 2.05) is 24.9 Å². The third-order valence-corrected chi connectivity index (χ3v) is 6.98. The maximum atomic E-state index is 13.0. The van der Waals surface area contributed by atoms with E-state index in [0.29, 0.717) is 30.9 Å². The van der Waals surface area contributed by atoms with Crippen LogP contribution in [0.15, 0.2) is 30.3 Å². The van der Waals surface area contributed by atoms with Crippen molar-refractivity contribution in [2.24, 2.45) is 5.92 Å². The second kappa shape index (κ2) is 13.3. The van der Waals surface area contributed by atoms with Crippen LogP contribution < -0.4 is 16.0 Å². The fraction of sp³-hybridized carbons (Fsp3) is 0.593. The molecule has 4 amide bonds. The monoisotopic (exact) mass is 513 g/mol. The number of nitrogens with zero attached hydrogens (tertiary/aromatic N) is 2. The molecule has 37 heavy (non-hydrogen) atoms. The number of hydrogen-bond donors (Lipinski definition) is 3. The Balaban J connectivity index is 1.58. The van der Waals surface area contributed by atoms with Crippen LogP contribution in [0.2, 0.25) is 0 Å². The summed E-state index contributed by atoms with van der Waals surface area (Å²) in [4.78, 5) is 67.5. The molecule has 1 aromatic carbocycles. The molecule has 1 aliphatic carbocycles. The summed E-state index contributed by atoms with van der Waals surface area (Å²) in [6, 6.07) is 6.73. The van der Waals surface area contributed by atoms with Crippen LogP contribution in [-0.2, 0) is 24.0 Å². The fourth-order valence-electron chi connectivity index (χ4n) is 4.64. The van der Waals surface area contributed by atoms with Gasteiger partial charge >= 0.3 is 0 Å². The van der Waals surface area contributed by atoms with Gasteiger partial charge in [0.15, 0.2) is 0 Å². The van der Waals surface area contributed by atoms with Gasteiger partial charge < -0.3 is 20.9 Å². The second-order valence-electron chi connectivity index (χ2n) is 10.1. The van der Waals surface area contributed by atoms with Crippen molar-refractivity contribution >= 4 is 29.4 Å². The van der Waals surface area contributed by atoms with E-state index in [1.54, 1.807) is 36.2 Å². The molecular weight excluding hydrogens is 474 g/mol. The Morgan fingerprint density at radius 2 is 1.76 bits per heavy atom. The first-order valence-corrected chi connectivity index (χ1v) is 13.1. The first-order chi connectivity index (χ1) is 17.7. The quantitative estimate of drug-likeness (QED) is 0.335. The fourth-order valence-corrected chi connectivity index (χ4v) is 4.64. The highest BCUT2D eigenvalue weighted by atomic mass is 16.2. The molecule has 2 aliphatic rings. The molecule has 3 unspecified atom stereocenters. The zero-order chi connectivity index (χ0) is 26.9. The first kappa shape index (κ1) is 28.3. The summed E-state index contributed by atoms with van der Waals surface area (Å²) >= 11 is 0. The predicted octanol–water partition coefficient (Wildman–Crippen LogP) is 0.777. The number of hydrogen-bond acceptors (Lipinski definition) is 6. The lowest BCUT2D eigenvalue weighted by molar-refractivity contribution is -0.141. The van der Waals surface area contributed by atoms with Crippen LogP contribution in [0.4, 0.5) is 0 Å². The standard InChI is InChI=1S/C27H39N5O5/c1-4-14-32(3)27(37)23(19-9-6-5-7-10-19)30-22(33)17-28-26(36)24(34)20(16-18-12-13-18)29-25(35)21-11-8-15-31(21)2/h5-7,9-10,18,20-21,23H,4,8,11-17H2,1-3H3,(H,28,36)(H,29,35)(H,30,33). The Labute approximate surface area is 218 Å². The van der Waals surface area contributed by atoms with Crippen LogP contribution in [0.5, 0.6) is 0 Å². The van der Waals surface area contributed by atoms with Crippen LogP contribution in [0.25, 0.3) is 0 Å². The lowest BCUT2D eigenvalue weighted by Gasteiger charge is -2.25. The van der Waals surface area contributed by atoms with Crippen molar-refractivity contribution in [2.45, 2.75) is 63.6 Å². The maximum absolute atomic E-state index is 13.0. The minimum Gasteiger partial charge on any atom is -0.344 e. The number of nitrogens with one attached hydrogen (secondary N) is 3. The second-order valence-corrected chi connectivity index (χ2v) is 10.1. The van der Waals surface area contributed by atoms with Crippen molar-refractivity contribution in [2.75, 3.05) is 33.7 Å². The molecule has 0 aromatic heterocycles. The molecule has 10 nitrogen and oxygen atoms in total. The van der Waals surface area contributed by atoms with Gasteiger partial charge in [0, 0.05) is 13.6 Å². The van der Waals surface area contributed by atoms with Gasteiger partial charge in [-0.15, -0.1) is 0 Å². The predicted molar refractivity (Wildman–Crippen MR) is 138 cm³/mol. The van der Waals surface area contributed by atoms with E-state index in [1.165, 1.54) is 0 Å². The summed E-state index contributed by atoms with van der Waals surface area (Å²) in [6.45, 7) is 2.84. The van der Waals surface area contributed by atoms with Gasteiger partial charge in [0.2, 0.25) is 23.5 Å². The number of carbonyl (C=O) groups excluding carboxylic acids is 5. The Kier molecular flexibility index (Phi) is 10.2. The van der Waals surface area contributed by atoms with Gasteiger partial charge in [-0.3, -0.25) is 28.9 Å². The molecule has 0 spiro atoms. The van der Waals surface area contributed by atoms with Crippen molar-refractivity contribution in [1.82, 2.24) is 25.8 Å². The van der Waals surface area contributed by atoms with Crippen molar-refractivity contribution in [3.05, 3.63) is 35.9 Å². The number of carbonyl (C=O) groups is 5. The highest BCUT2D eigenvalue weighted by Crippen LogP contribution is 2.33. The Morgan fingerprint density at radius 1 is 1.05 bits per heavy atom. The summed E-state index contributed by atoms with van der Waals surface area (Å²) < 4.78 is 0. The maximum Gasteiger partial charge on any atom is 0.290 e. The zero-order valence-electron chi connectivity index (χ0n) is 22.0. The van der Waals surface area contributed by atoms with Crippen molar-refractivity contribution < 1.29 is 24.0 Å². The van der Waals surface area contributed by atoms with E-state index in [0.717, 1.165) is 32.2 Å². The van der Waals surface area contributed by atoms with E-state index >= 15 is 0 Å². The van der Waals surface area contributed by atoms with Crippen LogP contribution in [-0.4, -0.2) is 85.0 Å². The van der Waals surface area contributed by atoms with Crippen molar-refractivity contribution in [3.63, 3.8) is 0 Å². The molecule has 1 saturated carbocycles. The molecule has 1 heterocycles. The van der Waals surface area contributed by atoms with Gasteiger partial charge in [-0.2, -0.15) is 0 Å². The molecule has 202 valence electrons. The highest BCUT2D eigenvalue weighted by Gasteiger charge is 2.36. The Bertz CT molecular complexity index is 981. The molecule has 1 saturated heterocycles. The number of Topliss-reactive ketones (excluding diaryl/α,β-unsaturated/α-hetero) is 1. The van der Waals surface area contributed by atoms with Crippen LogP contribution in [0, 0.1) is 5.92 Å². The SMILES string of the molecule is CCCN(C)C(=O)C(NC(=O)CNC(=O)C(=O)C(CC1CC1)NC(=O)C1CCCN1C)c1ccccc1. The van der Waals surface area contributed by atoms with Gasteiger partial charge in [0.25, 0.3) is 5.91 Å². The smallest absolute Gasteiger partial charge is 0.290 e. The number of rotatable bonds is 13. The van der Waals surface area contributed by atoms with Gasteiger partial charge in [-0.1, -0.05) is 50.1 Å². The molecule has 0 bridgehead atoms. The number of likely N-dealkylation sites (N-methyl/N-ethyl adjacent to an activating group) is 2. The topological polar surface area (TPSA) is 128 Å². The van der Waals surface area contributed by atoms with Crippen LogP contribution >= 0.6 is 0 Å². The molecule has 10 heteroatoms. The average molecular weight is 514 g/mol. The lowest BCUT2D eigenvalue weighted by atomic mass is 10.0. The molecule has 3 rings (SSSR count). The third kappa shape index (κ3) is 8.11. The zero-order valence-corrected chi connectivity index (χ0v) is 22.0. The molecular formula is C27H39N5O5. The van der Waals surface area contributed by atoms with Gasteiger partial charge in [-0.25, -0.2) is 0 Å². The number of amides is 4. The van der Waals surface area contributed by atoms with Gasteiger partial charge in [0.05, 0.1) is 18.6 Å². The highest BCUT2D eigenvalue weighted by molar-refractivity contribution is 6.38. The van der Waals surface area contributed by atoms with Crippen LogP contribution in [0.3, 0.4) is 0 Å². The minimum absolute atomic E-state index is 0.245. The molecule has 3 N–H and O–H groups in total. The molecule has 0 radical (unpaired) electrons. The first-order valence-electron chi connectivity index (χ1n) is 13.1. The van der Waals surface area contributed by atoms with E-state index in [9.17, 15) is 24.0 Å². The number of benzene rings is 1. The summed E-state index contributed by atoms with van der Waals surface area (Å²) in [6.07, 6.45) is 4.74. The van der Waals surface area contributed by atoms with Gasteiger partial charge in [-0.05, 0) is 50.8 Å². The van der Waals surface area contributed by atoms with E-state index in [2.05, 4.69) is 16.0 Å². The average Bonchev–Trinajstić information content (AvgIpc) is 3.61. The third-order valence-electron chi connectivity index (χ3n) is 6.98. The van der Waals surface area contributed by atoms with E-state index < -0.39 is 36.2 Å². The molecule has 2 fully saturated rings. The number of ketones is 1.